The molecule has 0 aromatic heterocycles. The summed E-state index contributed by atoms with van der Waals surface area (Å²) in [6, 6.07) is 17.7. The number of allylic oxidation sites excluding steroid dienone is 1. The second-order valence-electron chi connectivity index (χ2n) is 6.37. The molecule has 23 heavy (non-hydrogen) atoms. The van der Waals surface area contributed by atoms with Gasteiger partial charge in [0.1, 0.15) is 0 Å². The molecule has 2 aromatic rings. The molecule has 0 bridgehead atoms. The summed E-state index contributed by atoms with van der Waals surface area (Å²) in [5, 5.41) is 6.38. The standard InChI is InChI=1S/C21H24N2/c1-15(2)23(22-4)21-16(3)19-11-7-5-9-17(19)13-14-18-10-6-8-12-20(18)21/h5-12,15H,4,13-14H2,1-3H3/b21-16+. The van der Waals surface area contributed by atoms with Crippen molar-refractivity contribution < 1.29 is 0 Å². The van der Waals surface area contributed by atoms with Gasteiger partial charge in [-0.05, 0) is 55.9 Å². The van der Waals surface area contributed by atoms with Crippen LogP contribution in [0.2, 0.25) is 0 Å². The minimum Gasteiger partial charge on any atom is -0.263 e. The summed E-state index contributed by atoms with van der Waals surface area (Å²) < 4.78 is 0. The van der Waals surface area contributed by atoms with Crippen molar-refractivity contribution >= 4 is 18.0 Å². The molecule has 0 unspecified atom stereocenters. The van der Waals surface area contributed by atoms with Crippen molar-refractivity contribution in [2.45, 2.75) is 39.7 Å². The molecule has 1 aliphatic carbocycles. The second kappa shape index (κ2) is 6.41. The maximum absolute atomic E-state index is 4.33. The van der Waals surface area contributed by atoms with Crippen LogP contribution in [0.3, 0.4) is 0 Å². The van der Waals surface area contributed by atoms with Crippen LogP contribution in [0.25, 0.3) is 11.3 Å². The van der Waals surface area contributed by atoms with Crippen molar-refractivity contribution in [1.82, 2.24) is 5.01 Å². The van der Waals surface area contributed by atoms with Crippen molar-refractivity contribution in [1.29, 1.82) is 0 Å². The van der Waals surface area contributed by atoms with Crippen LogP contribution < -0.4 is 0 Å². The summed E-state index contributed by atoms with van der Waals surface area (Å²) in [6.07, 6.45) is 2.12. The Hall–Kier alpha value is -2.35. The Morgan fingerprint density at radius 1 is 0.913 bits per heavy atom. The number of fused-ring (bicyclic) bond motifs is 2. The van der Waals surface area contributed by atoms with Gasteiger partial charge < -0.3 is 0 Å². The minimum atomic E-state index is 0.261. The van der Waals surface area contributed by atoms with E-state index in [4.69, 9.17) is 0 Å². The molecule has 0 fully saturated rings. The van der Waals surface area contributed by atoms with E-state index in [0.717, 1.165) is 12.8 Å². The van der Waals surface area contributed by atoms with E-state index in [-0.39, 0.29) is 6.04 Å². The fourth-order valence-electron chi connectivity index (χ4n) is 3.46. The van der Waals surface area contributed by atoms with E-state index in [1.54, 1.807) is 0 Å². The Labute approximate surface area is 139 Å². The maximum Gasteiger partial charge on any atom is 0.0707 e. The minimum absolute atomic E-state index is 0.261. The summed E-state index contributed by atoms with van der Waals surface area (Å²) in [5.41, 5.74) is 7.84. The first-order chi connectivity index (χ1) is 11.1. The third kappa shape index (κ3) is 2.81. The lowest BCUT2D eigenvalue weighted by Crippen LogP contribution is -2.25. The van der Waals surface area contributed by atoms with Crippen molar-refractivity contribution in [2.75, 3.05) is 0 Å². The van der Waals surface area contributed by atoms with Gasteiger partial charge in [0.25, 0.3) is 0 Å². The van der Waals surface area contributed by atoms with E-state index in [2.05, 4.69) is 86.1 Å². The van der Waals surface area contributed by atoms with E-state index in [0.29, 0.717) is 0 Å². The first kappa shape index (κ1) is 15.5. The Balaban J connectivity index is 2.33. The Bertz CT molecular complexity index is 756. The number of rotatable bonds is 3. The number of aryl methyl sites for hydroxylation is 2. The summed E-state index contributed by atoms with van der Waals surface area (Å²) in [7, 11) is 0. The van der Waals surface area contributed by atoms with Crippen LogP contribution in [0.1, 0.15) is 43.0 Å². The number of hydrogen-bond donors (Lipinski definition) is 0. The van der Waals surface area contributed by atoms with Gasteiger partial charge in [0, 0.05) is 18.3 Å². The molecule has 0 heterocycles. The highest BCUT2D eigenvalue weighted by Gasteiger charge is 2.23. The second-order valence-corrected chi connectivity index (χ2v) is 6.37. The first-order valence-corrected chi connectivity index (χ1v) is 8.26. The molecule has 2 nitrogen and oxygen atoms in total. The molecule has 0 saturated carbocycles. The number of hydrogen-bond acceptors (Lipinski definition) is 2. The molecule has 118 valence electrons. The molecule has 0 atom stereocenters. The van der Waals surface area contributed by atoms with Gasteiger partial charge in [-0.15, -0.1) is 0 Å². The van der Waals surface area contributed by atoms with E-state index in [1.807, 2.05) is 0 Å². The average Bonchev–Trinajstić information content (AvgIpc) is 2.56. The van der Waals surface area contributed by atoms with E-state index < -0.39 is 0 Å². The molecule has 3 rings (SSSR count). The van der Waals surface area contributed by atoms with Gasteiger partial charge >= 0.3 is 0 Å². The van der Waals surface area contributed by atoms with Crippen LogP contribution in [0.5, 0.6) is 0 Å². The van der Waals surface area contributed by atoms with Crippen LogP contribution in [0.15, 0.2) is 53.6 Å². The van der Waals surface area contributed by atoms with E-state index in [9.17, 15) is 0 Å². The van der Waals surface area contributed by atoms with Crippen molar-refractivity contribution in [3.8, 4) is 0 Å². The zero-order valence-corrected chi connectivity index (χ0v) is 14.2. The maximum atomic E-state index is 4.33. The first-order valence-electron chi connectivity index (χ1n) is 8.26. The predicted octanol–water partition coefficient (Wildman–Crippen LogP) is 5.00. The Morgan fingerprint density at radius 2 is 1.43 bits per heavy atom. The van der Waals surface area contributed by atoms with Crippen LogP contribution in [0.4, 0.5) is 0 Å². The normalized spacial score (nSPS) is 17.0. The van der Waals surface area contributed by atoms with Crippen LogP contribution in [-0.4, -0.2) is 17.8 Å². The summed E-state index contributed by atoms with van der Waals surface area (Å²) >= 11 is 0. The molecular weight excluding hydrogens is 280 g/mol. The molecule has 0 spiro atoms. The van der Waals surface area contributed by atoms with Gasteiger partial charge in [0.05, 0.1) is 5.70 Å². The average molecular weight is 304 g/mol. The molecule has 0 N–H and O–H groups in total. The van der Waals surface area contributed by atoms with Crippen LogP contribution in [0, 0.1) is 0 Å². The van der Waals surface area contributed by atoms with Crippen molar-refractivity contribution in [2.24, 2.45) is 5.10 Å². The van der Waals surface area contributed by atoms with E-state index >= 15 is 0 Å². The molecule has 2 aromatic carbocycles. The van der Waals surface area contributed by atoms with Crippen LogP contribution >= 0.6 is 0 Å². The largest absolute Gasteiger partial charge is 0.263 e. The number of nitrogens with zero attached hydrogens (tertiary/aromatic N) is 2. The lowest BCUT2D eigenvalue weighted by atomic mass is 9.87. The number of benzene rings is 2. The third-order valence-corrected chi connectivity index (χ3v) is 4.58. The third-order valence-electron chi connectivity index (χ3n) is 4.58. The summed E-state index contributed by atoms with van der Waals surface area (Å²) in [4.78, 5) is 0. The van der Waals surface area contributed by atoms with Gasteiger partial charge in [-0.3, -0.25) is 5.01 Å². The topological polar surface area (TPSA) is 15.6 Å². The highest BCUT2D eigenvalue weighted by molar-refractivity contribution is 5.91. The molecule has 0 saturated heterocycles. The zero-order chi connectivity index (χ0) is 16.4. The van der Waals surface area contributed by atoms with Crippen LogP contribution in [-0.2, 0) is 12.8 Å². The molecule has 1 aliphatic rings. The summed E-state index contributed by atoms with van der Waals surface area (Å²) in [6.45, 7) is 10.3. The fraction of sp³-hybridized carbons (Fsp3) is 0.286. The molecule has 0 radical (unpaired) electrons. The van der Waals surface area contributed by atoms with Gasteiger partial charge in [-0.25, -0.2) is 0 Å². The quantitative estimate of drug-likeness (QED) is 0.575. The Kier molecular flexibility index (Phi) is 4.33. The predicted molar refractivity (Wildman–Crippen MR) is 99.3 cm³/mol. The van der Waals surface area contributed by atoms with Gasteiger partial charge in [0.2, 0.25) is 0 Å². The lowest BCUT2D eigenvalue weighted by Gasteiger charge is -2.31. The summed E-state index contributed by atoms with van der Waals surface area (Å²) in [5.74, 6) is 0. The molecular formula is C21H24N2. The lowest BCUT2D eigenvalue weighted by molar-refractivity contribution is 0.351. The highest BCUT2D eigenvalue weighted by atomic mass is 15.5. The Morgan fingerprint density at radius 3 is 2.00 bits per heavy atom. The van der Waals surface area contributed by atoms with Crippen molar-refractivity contribution in [3.05, 3.63) is 70.8 Å². The molecule has 0 amide bonds. The molecule has 2 heteroatoms. The smallest absolute Gasteiger partial charge is 0.0707 e. The monoisotopic (exact) mass is 304 g/mol. The zero-order valence-electron chi connectivity index (χ0n) is 14.2. The number of hydrazone groups is 1. The SMILES string of the molecule is C=NN(/C1=C(\C)c2ccccc2CCc2ccccc21)C(C)C. The van der Waals surface area contributed by atoms with Gasteiger partial charge in [-0.1, -0.05) is 48.5 Å². The van der Waals surface area contributed by atoms with Gasteiger partial charge in [-0.2, -0.15) is 5.10 Å². The van der Waals surface area contributed by atoms with Gasteiger partial charge in [0.15, 0.2) is 0 Å². The highest BCUT2D eigenvalue weighted by Crippen LogP contribution is 2.36. The van der Waals surface area contributed by atoms with E-state index in [1.165, 1.54) is 33.5 Å². The van der Waals surface area contributed by atoms with Crippen molar-refractivity contribution in [3.63, 3.8) is 0 Å². The fourth-order valence-corrected chi connectivity index (χ4v) is 3.46. The molecule has 0 aliphatic heterocycles.